The Morgan fingerprint density at radius 2 is 2.06 bits per heavy atom. The zero-order valence-corrected chi connectivity index (χ0v) is 10.9. The van der Waals surface area contributed by atoms with Crippen molar-refractivity contribution in [3.63, 3.8) is 0 Å². The Morgan fingerprint density at radius 1 is 1.44 bits per heavy atom. The molecular formula is C12H17ClN2O. The molecule has 88 valence electrons. The number of halogens is 1. The Kier molecular flexibility index (Phi) is 4.30. The van der Waals surface area contributed by atoms with Gasteiger partial charge < -0.3 is 4.90 Å². The van der Waals surface area contributed by atoms with E-state index in [1.165, 1.54) is 4.90 Å². The zero-order valence-electron chi connectivity index (χ0n) is 10.1. The van der Waals surface area contributed by atoms with E-state index < -0.39 is 0 Å². The molecule has 4 heteroatoms. The average molecular weight is 241 g/mol. The van der Waals surface area contributed by atoms with E-state index in [0.717, 1.165) is 12.1 Å². The van der Waals surface area contributed by atoms with Gasteiger partial charge in [0.1, 0.15) is 5.15 Å². The Bertz CT molecular complexity index is 389. The van der Waals surface area contributed by atoms with Crippen molar-refractivity contribution in [3.8, 4) is 0 Å². The van der Waals surface area contributed by atoms with E-state index in [4.69, 9.17) is 11.6 Å². The van der Waals surface area contributed by atoms with Gasteiger partial charge >= 0.3 is 0 Å². The van der Waals surface area contributed by atoms with Crippen LogP contribution in [0.3, 0.4) is 0 Å². The third-order valence-electron chi connectivity index (χ3n) is 2.16. The number of hydrogen-bond donors (Lipinski definition) is 0. The summed E-state index contributed by atoms with van der Waals surface area (Å²) in [5.41, 5.74) is 1.38. The summed E-state index contributed by atoms with van der Waals surface area (Å²) >= 11 is 5.99. The quantitative estimate of drug-likeness (QED) is 0.761. The largest absolute Gasteiger partial charge is 0.345 e. The first-order valence-electron chi connectivity index (χ1n) is 5.29. The summed E-state index contributed by atoms with van der Waals surface area (Å²) in [6, 6.07) is 3.61. The van der Waals surface area contributed by atoms with Crippen LogP contribution in [0.2, 0.25) is 5.15 Å². The standard InChI is InChI=1S/C12H17ClN2O/c1-8(2)7-9-5-6-10(11(13)14-9)12(16)15(3)4/h5-6,8H,7H2,1-4H3. The second kappa shape index (κ2) is 5.30. The average Bonchev–Trinajstić information content (AvgIpc) is 2.15. The van der Waals surface area contributed by atoms with Crippen LogP contribution in [0.4, 0.5) is 0 Å². The second-order valence-corrected chi connectivity index (χ2v) is 4.80. The van der Waals surface area contributed by atoms with Crippen molar-refractivity contribution in [2.45, 2.75) is 20.3 Å². The molecule has 16 heavy (non-hydrogen) atoms. The molecule has 3 nitrogen and oxygen atoms in total. The van der Waals surface area contributed by atoms with Crippen molar-refractivity contribution in [3.05, 3.63) is 28.5 Å². The molecule has 0 aliphatic heterocycles. The van der Waals surface area contributed by atoms with Gasteiger partial charge in [-0.25, -0.2) is 4.98 Å². The molecule has 0 unspecified atom stereocenters. The molecule has 1 amide bonds. The molecule has 1 heterocycles. The van der Waals surface area contributed by atoms with Gasteiger partial charge in [0.05, 0.1) is 5.56 Å². The number of aromatic nitrogens is 1. The van der Waals surface area contributed by atoms with Gasteiger partial charge in [0.25, 0.3) is 5.91 Å². The molecule has 1 rings (SSSR count). The summed E-state index contributed by atoms with van der Waals surface area (Å²) in [4.78, 5) is 17.4. The highest BCUT2D eigenvalue weighted by atomic mass is 35.5. The maximum Gasteiger partial charge on any atom is 0.256 e. The number of pyridine rings is 1. The van der Waals surface area contributed by atoms with Gasteiger partial charge in [-0.05, 0) is 24.5 Å². The van der Waals surface area contributed by atoms with E-state index >= 15 is 0 Å². The second-order valence-electron chi connectivity index (χ2n) is 4.44. The molecule has 0 saturated heterocycles. The predicted octanol–water partition coefficient (Wildman–Crippen LogP) is 2.64. The van der Waals surface area contributed by atoms with Crippen LogP contribution in [0.25, 0.3) is 0 Å². The molecule has 1 aromatic rings. The van der Waals surface area contributed by atoms with Gasteiger partial charge in [0.2, 0.25) is 0 Å². The van der Waals surface area contributed by atoms with Crippen LogP contribution in [0.15, 0.2) is 12.1 Å². The summed E-state index contributed by atoms with van der Waals surface area (Å²) < 4.78 is 0. The Labute approximate surface area is 101 Å². The molecule has 0 aliphatic carbocycles. The zero-order chi connectivity index (χ0) is 12.3. The lowest BCUT2D eigenvalue weighted by atomic mass is 10.1. The van der Waals surface area contributed by atoms with E-state index in [2.05, 4.69) is 18.8 Å². The summed E-state index contributed by atoms with van der Waals surface area (Å²) in [6.45, 7) is 4.24. The number of carbonyl (C=O) groups excluding carboxylic acids is 1. The molecule has 0 saturated carbocycles. The number of rotatable bonds is 3. The van der Waals surface area contributed by atoms with Crippen molar-refractivity contribution in [2.75, 3.05) is 14.1 Å². The number of hydrogen-bond acceptors (Lipinski definition) is 2. The third-order valence-corrected chi connectivity index (χ3v) is 2.45. The first-order valence-corrected chi connectivity index (χ1v) is 5.66. The predicted molar refractivity (Wildman–Crippen MR) is 65.8 cm³/mol. The van der Waals surface area contributed by atoms with E-state index in [1.807, 2.05) is 6.07 Å². The SMILES string of the molecule is CC(C)Cc1ccc(C(=O)N(C)C)c(Cl)n1. The summed E-state index contributed by atoms with van der Waals surface area (Å²) in [6.07, 6.45) is 0.871. The van der Waals surface area contributed by atoms with Crippen LogP contribution in [0, 0.1) is 5.92 Å². The summed E-state index contributed by atoms with van der Waals surface area (Å²) in [7, 11) is 3.39. The summed E-state index contributed by atoms with van der Waals surface area (Å²) in [5.74, 6) is 0.410. The van der Waals surface area contributed by atoms with Gasteiger partial charge in [-0.15, -0.1) is 0 Å². The minimum absolute atomic E-state index is 0.117. The van der Waals surface area contributed by atoms with Gasteiger partial charge in [-0.2, -0.15) is 0 Å². The minimum Gasteiger partial charge on any atom is -0.345 e. The van der Waals surface area contributed by atoms with E-state index in [0.29, 0.717) is 11.5 Å². The van der Waals surface area contributed by atoms with E-state index in [-0.39, 0.29) is 11.1 Å². The summed E-state index contributed by atoms with van der Waals surface area (Å²) in [5, 5.41) is 0.289. The fourth-order valence-electron chi connectivity index (χ4n) is 1.40. The van der Waals surface area contributed by atoms with Crippen LogP contribution >= 0.6 is 11.6 Å². The van der Waals surface area contributed by atoms with Gasteiger partial charge in [0, 0.05) is 19.8 Å². The Hall–Kier alpha value is -1.09. The van der Waals surface area contributed by atoms with Crippen molar-refractivity contribution in [2.24, 2.45) is 5.92 Å². The molecule has 0 aliphatic rings. The molecule has 0 atom stereocenters. The molecule has 1 aromatic heterocycles. The smallest absolute Gasteiger partial charge is 0.256 e. The van der Waals surface area contributed by atoms with Crippen LogP contribution in [-0.2, 0) is 6.42 Å². The van der Waals surface area contributed by atoms with Crippen LogP contribution in [0.5, 0.6) is 0 Å². The Balaban J connectivity index is 2.96. The van der Waals surface area contributed by atoms with Crippen molar-refractivity contribution >= 4 is 17.5 Å². The Morgan fingerprint density at radius 3 is 2.50 bits per heavy atom. The molecule has 0 N–H and O–H groups in total. The highest BCUT2D eigenvalue weighted by Crippen LogP contribution is 2.17. The normalized spacial score (nSPS) is 10.6. The number of amides is 1. The molecule has 0 spiro atoms. The highest BCUT2D eigenvalue weighted by Gasteiger charge is 2.14. The van der Waals surface area contributed by atoms with Crippen LogP contribution < -0.4 is 0 Å². The minimum atomic E-state index is -0.117. The van der Waals surface area contributed by atoms with Crippen molar-refractivity contribution < 1.29 is 4.79 Å². The molecule has 0 bridgehead atoms. The topological polar surface area (TPSA) is 33.2 Å². The van der Waals surface area contributed by atoms with E-state index in [1.54, 1.807) is 20.2 Å². The first-order chi connectivity index (χ1) is 7.41. The monoisotopic (exact) mass is 240 g/mol. The fourth-order valence-corrected chi connectivity index (χ4v) is 1.66. The lowest BCUT2D eigenvalue weighted by molar-refractivity contribution is 0.0827. The maximum absolute atomic E-state index is 11.7. The van der Waals surface area contributed by atoms with E-state index in [9.17, 15) is 4.79 Å². The van der Waals surface area contributed by atoms with Gasteiger partial charge in [-0.1, -0.05) is 25.4 Å². The van der Waals surface area contributed by atoms with Gasteiger partial charge in [0.15, 0.2) is 0 Å². The highest BCUT2D eigenvalue weighted by molar-refractivity contribution is 6.32. The van der Waals surface area contributed by atoms with Crippen molar-refractivity contribution in [1.29, 1.82) is 0 Å². The molecular weight excluding hydrogens is 224 g/mol. The van der Waals surface area contributed by atoms with Crippen LogP contribution in [0.1, 0.15) is 29.9 Å². The lowest BCUT2D eigenvalue weighted by Gasteiger charge is -2.12. The molecule has 0 radical (unpaired) electrons. The molecule has 0 aromatic carbocycles. The third kappa shape index (κ3) is 3.20. The van der Waals surface area contributed by atoms with Crippen LogP contribution in [-0.4, -0.2) is 29.9 Å². The first kappa shape index (κ1) is 13.0. The lowest BCUT2D eigenvalue weighted by Crippen LogP contribution is -2.22. The van der Waals surface area contributed by atoms with Crippen molar-refractivity contribution in [1.82, 2.24) is 9.88 Å². The maximum atomic E-state index is 11.7. The number of carbonyl (C=O) groups is 1. The number of nitrogens with zero attached hydrogens (tertiary/aromatic N) is 2. The fraction of sp³-hybridized carbons (Fsp3) is 0.500. The van der Waals surface area contributed by atoms with Gasteiger partial charge in [-0.3, -0.25) is 4.79 Å². The molecule has 0 fully saturated rings.